The molecule has 0 saturated carbocycles. The molecule has 0 aliphatic heterocycles. The molecule has 0 saturated heterocycles. The van der Waals surface area contributed by atoms with Crippen molar-refractivity contribution in [3.8, 4) is 10.4 Å². The fourth-order valence-corrected chi connectivity index (χ4v) is 2.42. The van der Waals surface area contributed by atoms with Gasteiger partial charge in [-0.2, -0.15) is 13.2 Å². The van der Waals surface area contributed by atoms with E-state index in [2.05, 4.69) is 0 Å². The van der Waals surface area contributed by atoms with E-state index in [9.17, 15) is 17.6 Å². The molecule has 0 aliphatic carbocycles. The number of thiophene rings is 1. The topological polar surface area (TPSA) is 26.0 Å². The Morgan fingerprint density at radius 1 is 1.11 bits per heavy atom. The Bertz CT molecular complexity index is 559. The van der Waals surface area contributed by atoms with Crippen LogP contribution in [-0.4, -0.2) is 0 Å². The van der Waals surface area contributed by atoms with Crippen LogP contribution in [0.2, 0.25) is 0 Å². The van der Waals surface area contributed by atoms with Crippen LogP contribution in [0.25, 0.3) is 10.4 Å². The first-order valence-corrected chi connectivity index (χ1v) is 5.89. The molecular weight excluding hydrogens is 266 g/mol. The lowest BCUT2D eigenvalue weighted by Gasteiger charge is -2.09. The number of hydrogen-bond donors (Lipinski definition) is 1. The van der Waals surface area contributed by atoms with Crippen LogP contribution < -0.4 is 5.73 Å². The molecule has 0 atom stereocenters. The van der Waals surface area contributed by atoms with E-state index in [4.69, 9.17) is 5.73 Å². The van der Waals surface area contributed by atoms with E-state index < -0.39 is 17.6 Å². The highest BCUT2D eigenvalue weighted by atomic mass is 32.1. The molecule has 18 heavy (non-hydrogen) atoms. The highest BCUT2D eigenvalue weighted by Gasteiger charge is 2.34. The van der Waals surface area contributed by atoms with Crippen molar-refractivity contribution in [2.24, 2.45) is 5.73 Å². The molecule has 0 bridgehead atoms. The van der Waals surface area contributed by atoms with Crippen LogP contribution >= 0.6 is 11.3 Å². The van der Waals surface area contributed by atoms with Crippen molar-refractivity contribution in [3.63, 3.8) is 0 Å². The molecule has 2 aromatic rings. The zero-order chi connectivity index (χ0) is 13.3. The summed E-state index contributed by atoms with van der Waals surface area (Å²) in [4.78, 5) is 1.50. The maximum absolute atomic E-state index is 13.1. The van der Waals surface area contributed by atoms with Crippen LogP contribution in [0.3, 0.4) is 0 Å². The molecule has 1 aromatic carbocycles. The van der Waals surface area contributed by atoms with Gasteiger partial charge in [0.15, 0.2) is 0 Å². The smallest absolute Gasteiger partial charge is 0.326 e. The minimum absolute atomic E-state index is 0.331. The van der Waals surface area contributed by atoms with Crippen molar-refractivity contribution in [2.45, 2.75) is 12.7 Å². The van der Waals surface area contributed by atoms with E-state index in [0.29, 0.717) is 17.0 Å². The van der Waals surface area contributed by atoms with Gasteiger partial charge in [-0.3, -0.25) is 0 Å². The highest BCUT2D eigenvalue weighted by Crippen LogP contribution is 2.36. The lowest BCUT2D eigenvalue weighted by atomic mass is 10.1. The summed E-state index contributed by atoms with van der Waals surface area (Å²) in [6, 6.07) is 6.41. The predicted molar refractivity (Wildman–Crippen MR) is 62.6 cm³/mol. The number of halogens is 4. The molecule has 2 rings (SSSR count). The molecule has 0 unspecified atom stereocenters. The van der Waals surface area contributed by atoms with Crippen molar-refractivity contribution < 1.29 is 17.6 Å². The SMILES string of the molecule is NCc1ccc(-c2ccc(F)c(C(F)(F)F)c2)s1. The van der Waals surface area contributed by atoms with Gasteiger partial charge in [-0.1, -0.05) is 6.07 Å². The largest absolute Gasteiger partial charge is 0.419 e. The quantitative estimate of drug-likeness (QED) is 0.823. The predicted octanol–water partition coefficient (Wildman–Crippen LogP) is 4.03. The van der Waals surface area contributed by atoms with Crippen molar-refractivity contribution in [1.82, 2.24) is 0 Å². The first-order valence-electron chi connectivity index (χ1n) is 5.07. The summed E-state index contributed by atoms with van der Waals surface area (Å²) in [6.07, 6.45) is -4.69. The Labute approximate surface area is 105 Å². The molecule has 6 heteroatoms. The summed E-state index contributed by atoms with van der Waals surface area (Å²) in [7, 11) is 0. The maximum Gasteiger partial charge on any atom is 0.419 e. The van der Waals surface area contributed by atoms with Crippen LogP contribution in [0, 0.1) is 5.82 Å². The third-order valence-electron chi connectivity index (χ3n) is 2.42. The fraction of sp³-hybridized carbons (Fsp3) is 0.167. The van der Waals surface area contributed by atoms with Crippen LogP contribution in [-0.2, 0) is 12.7 Å². The summed E-state index contributed by atoms with van der Waals surface area (Å²) in [6.45, 7) is 0.331. The third-order valence-corrected chi connectivity index (χ3v) is 3.58. The lowest BCUT2D eigenvalue weighted by Crippen LogP contribution is -2.07. The van der Waals surface area contributed by atoms with Gasteiger partial charge >= 0.3 is 6.18 Å². The summed E-state index contributed by atoms with van der Waals surface area (Å²) in [5.74, 6) is -1.26. The molecular formula is C12H9F4NS. The molecule has 1 heterocycles. The normalized spacial score (nSPS) is 11.8. The molecule has 0 fully saturated rings. The fourth-order valence-electron chi connectivity index (χ4n) is 1.54. The van der Waals surface area contributed by atoms with E-state index in [0.717, 1.165) is 17.0 Å². The number of hydrogen-bond acceptors (Lipinski definition) is 2. The lowest BCUT2D eigenvalue weighted by molar-refractivity contribution is -0.139. The second kappa shape index (κ2) is 4.70. The van der Waals surface area contributed by atoms with E-state index in [1.165, 1.54) is 17.4 Å². The zero-order valence-electron chi connectivity index (χ0n) is 9.09. The van der Waals surface area contributed by atoms with Gasteiger partial charge < -0.3 is 5.73 Å². The van der Waals surface area contributed by atoms with Gasteiger partial charge in [-0.25, -0.2) is 4.39 Å². The molecule has 0 aliphatic rings. The standard InChI is InChI=1S/C12H9F4NS/c13-10-3-1-7(5-9(10)12(14,15)16)11-4-2-8(6-17)18-11/h1-5H,6,17H2. The van der Waals surface area contributed by atoms with Crippen molar-refractivity contribution in [1.29, 1.82) is 0 Å². The molecule has 0 amide bonds. The molecule has 96 valence electrons. The monoisotopic (exact) mass is 275 g/mol. The van der Waals surface area contributed by atoms with Gasteiger partial charge in [-0.15, -0.1) is 11.3 Å². The van der Waals surface area contributed by atoms with Crippen LogP contribution in [0.4, 0.5) is 17.6 Å². The Morgan fingerprint density at radius 3 is 2.39 bits per heavy atom. The van der Waals surface area contributed by atoms with Gasteiger partial charge in [0.05, 0.1) is 5.56 Å². The van der Waals surface area contributed by atoms with E-state index >= 15 is 0 Å². The van der Waals surface area contributed by atoms with Crippen LogP contribution in [0.1, 0.15) is 10.4 Å². The summed E-state index contributed by atoms with van der Waals surface area (Å²) < 4.78 is 50.8. The molecule has 2 N–H and O–H groups in total. The molecule has 1 nitrogen and oxygen atoms in total. The second-order valence-electron chi connectivity index (χ2n) is 3.66. The Morgan fingerprint density at radius 2 is 1.83 bits per heavy atom. The summed E-state index contributed by atoms with van der Waals surface area (Å²) in [5, 5.41) is 0. The third kappa shape index (κ3) is 2.54. The van der Waals surface area contributed by atoms with Crippen molar-refractivity contribution in [2.75, 3.05) is 0 Å². The number of nitrogens with two attached hydrogens (primary N) is 1. The molecule has 0 spiro atoms. The minimum Gasteiger partial charge on any atom is -0.326 e. The molecule has 1 aromatic heterocycles. The average molecular weight is 275 g/mol. The maximum atomic E-state index is 13.1. The first-order chi connectivity index (χ1) is 8.41. The second-order valence-corrected chi connectivity index (χ2v) is 4.83. The van der Waals surface area contributed by atoms with Gasteiger partial charge in [-0.05, 0) is 29.8 Å². The van der Waals surface area contributed by atoms with Gasteiger partial charge in [0, 0.05) is 16.3 Å². The van der Waals surface area contributed by atoms with Gasteiger partial charge in [0.1, 0.15) is 5.82 Å². The average Bonchev–Trinajstić information content (AvgIpc) is 2.76. The zero-order valence-corrected chi connectivity index (χ0v) is 9.91. The van der Waals surface area contributed by atoms with Crippen molar-refractivity contribution in [3.05, 3.63) is 46.6 Å². The highest BCUT2D eigenvalue weighted by molar-refractivity contribution is 7.15. The Kier molecular flexibility index (Phi) is 3.41. The van der Waals surface area contributed by atoms with E-state index in [1.54, 1.807) is 12.1 Å². The van der Waals surface area contributed by atoms with Gasteiger partial charge in [0.2, 0.25) is 0 Å². The van der Waals surface area contributed by atoms with E-state index in [-0.39, 0.29) is 0 Å². The van der Waals surface area contributed by atoms with Crippen LogP contribution in [0.15, 0.2) is 30.3 Å². The van der Waals surface area contributed by atoms with Gasteiger partial charge in [0.25, 0.3) is 0 Å². The first kappa shape index (κ1) is 13.0. The van der Waals surface area contributed by atoms with Crippen LogP contribution in [0.5, 0.6) is 0 Å². The Balaban J connectivity index is 2.47. The summed E-state index contributed by atoms with van der Waals surface area (Å²) in [5.41, 5.74) is 4.53. The van der Waals surface area contributed by atoms with Crippen molar-refractivity contribution >= 4 is 11.3 Å². The number of rotatable bonds is 2. The minimum atomic E-state index is -4.69. The molecule has 0 radical (unpaired) electrons. The number of alkyl halides is 3. The Hall–Kier alpha value is -1.40. The summed E-state index contributed by atoms with van der Waals surface area (Å²) >= 11 is 1.30. The number of benzene rings is 1. The van der Waals surface area contributed by atoms with E-state index in [1.807, 2.05) is 0 Å².